The lowest BCUT2D eigenvalue weighted by molar-refractivity contribution is -0.116. The Kier molecular flexibility index (Phi) is 3.17. The van der Waals surface area contributed by atoms with E-state index in [4.69, 9.17) is 34.8 Å². The first kappa shape index (κ1) is 12.8. The lowest BCUT2D eigenvalue weighted by atomic mass is 10.2. The zero-order valence-electron chi connectivity index (χ0n) is 9.66. The van der Waals surface area contributed by atoms with Gasteiger partial charge in [-0.3, -0.25) is 9.69 Å². The van der Waals surface area contributed by atoms with Gasteiger partial charge in [0.2, 0.25) is 5.91 Å². The minimum absolute atomic E-state index is 0.0627. The van der Waals surface area contributed by atoms with Crippen molar-refractivity contribution in [3.05, 3.63) is 57.0 Å². The van der Waals surface area contributed by atoms with Crippen molar-refractivity contribution in [3.8, 4) is 0 Å². The van der Waals surface area contributed by atoms with E-state index >= 15 is 0 Å². The molecule has 0 atom stereocenters. The molecule has 5 heteroatoms. The van der Waals surface area contributed by atoms with Crippen LogP contribution in [0.4, 0.5) is 11.4 Å². The molecule has 2 aromatic carbocycles. The summed E-state index contributed by atoms with van der Waals surface area (Å²) in [5.74, 6) is -0.0627. The van der Waals surface area contributed by atoms with Gasteiger partial charge in [0.1, 0.15) is 0 Å². The Morgan fingerprint density at radius 1 is 1.00 bits per heavy atom. The van der Waals surface area contributed by atoms with E-state index in [0.717, 1.165) is 11.3 Å². The van der Waals surface area contributed by atoms with Crippen LogP contribution in [0.2, 0.25) is 15.1 Å². The van der Waals surface area contributed by atoms with Gasteiger partial charge in [0.15, 0.2) is 0 Å². The molecule has 96 valence electrons. The minimum Gasteiger partial charge on any atom is -0.277 e. The number of anilines is 2. The van der Waals surface area contributed by atoms with E-state index in [1.807, 2.05) is 6.07 Å². The Morgan fingerprint density at radius 2 is 1.68 bits per heavy atom. The second kappa shape index (κ2) is 4.71. The standard InChI is InChI=1S/C14H8Cl3NO/c15-9-5-4-8-6-13(19)18(12(8)7-9)14-10(16)2-1-3-11(14)17/h1-5,7H,6H2. The molecule has 0 N–H and O–H groups in total. The van der Waals surface area contributed by atoms with Gasteiger partial charge in [-0.15, -0.1) is 0 Å². The monoisotopic (exact) mass is 311 g/mol. The highest BCUT2D eigenvalue weighted by molar-refractivity contribution is 6.40. The van der Waals surface area contributed by atoms with E-state index in [1.54, 1.807) is 30.3 Å². The van der Waals surface area contributed by atoms with Crippen molar-refractivity contribution in [2.45, 2.75) is 6.42 Å². The van der Waals surface area contributed by atoms with Crippen molar-refractivity contribution in [1.82, 2.24) is 0 Å². The van der Waals surface area contributed by atoms with Gasteiger partial charge in [-0.2, -0.15) is 0 Å². The van der Waals surface area contributed by atoms with E-state index in [2.05, 4.69) is 0 Å². The summed E-state index contributed by atoms with van der Waals surface area (Å²) < 4.78 is 0. The maximum Gasteiger partial charge on any atom is 0.236 e. The van der Waals surface area contributed by atoms with Crippen LogP contribution in [0.25, 0.3) is 0 Å². The van der Waals surface area contributed by atoms with Gasteiger partial charge in [0.05, 0.1) is 27.8 Å². The number of hydrogen-bond donors (Lipinski definition) is 0. The van der Waals surface area contributed by atoms with E-state index in [1.165, 1.54) is 4.90 Å². The number of halogens is 3. The molecule has 0 saturated carbocycles. The molecule has 0 fully saturated rings. The zero-order chi connectivity index (χ0) is 13.6. The molecule has 2 aromatic rings. The number of hydrogen-bond acceptors (Lipinski definition) is 1. The molecule has 0 radical (unpaired) electrons. The summed E-state index contributed by atoms with van der Waals surface area (Å²) in [5.41, 5.74) is 2.18. The maximum atomic E-state index is 12.2. The number of carbonyl (C=O) groups excluding carboxylic acids is 1. The van der Waals surface area contributed by atoms with Crippen LogP contribution in [-0.4, -0.2) is 5.91 Å². The van der Waals surface area contributed by atoms with Gasteiger partial charge in [0, 0.05) is 5.02 Å². The van der Waals surface area contributed by atoms with Crippen molar-refractivity contribution >= 4 is 52.1 Å². The highest BCUT2D eigenvalue weighted by Crippen LogP contribution is 2.43. The number of benzene rings is 2. The van der Waals surface area contributed by atoms with E-state index in [9.17, 15) is 4.79 Å². The normalized spacial score (nSPS) is 13.8. The fraction of sp³-hybridized carbons (Fsp3) is 0.0714. The van der Waals surface area contributed by atoms with Gasteiger partial charge in [-0.1, -0.05) is 46.9 Å². The topological polar surface area (TPSA) is 20.3 Å². The second-order valence-electron chi connectivity index (χ2n) is 4.25. The first-order valence-electron chi connectivity index (χ1n) is 5.63. The van der Waals surface area contributed by atoms with Gasteiger partial charge in [-0.05, 0) is 29.8 Å². The smallest absolute Gasteiger partial charge is 0.236 e. The van der Waals surface area contributed by atoms with Crippen LogP contribution in [-0.2, 0) is 11.2 Å². The molecule has 1 heterocycles. The minimum atomic E-state index is -0.0627. The molecule has 19 heavy (non-hydrogen) atoms. The maximum absolute atomic E-state index is 12.2. The summed E-state index contributed by atoms with van der Waals surface area (Å²) >= 11 is 18.3. The van der Waals surface area contributed by atoms with Crippen molar-refractivity contribution in [3.63, 3.8) is 0 Å². The van der Waals surface area contributed by atoms with Crippen LogP contribution in [0.3, 0.4) is 0 Å². The molecule has 0 spiro atoms. The van der Waals surface area contributed by atoms with Gasteiger partial charge >= 0.3 is 0 Å². The first-order chi connectivity index (χ1) is 9.08. The molecule has 0 saturated heterocycles. The molecule has 0 bridgehead atoms. The molecular formula is C14H8Cl3NO. The fourth-order valence-electron chi connectivity index (χ4n) is 2.22. The average molecular weight is 313 g/mol. The molecule has 0 aromatic heterocycles. The number of nitrogens with zero attached hydrogens (tertiary/aromatic N) is 1. The molecule has 0 unspecified atom stereocenters. The Morgan fingerprint density at radius 3 is 2.37 bits per heavy atom. The molecular weight excluding hydrogens is 305 g/mol. The van der Waals surface area contributed by atoms with Crippen molar-refractivity contribution in [2.24, 2.45) is 0 Å². The summed E-state index contributed by atoms with van der Waals surface area (Å²) in [6, 6.07) is 10.5. The van der Waals surface area contributed by atoms with Crippen molar-refractivity contribution < 1.29 is 4.79 Å². The lowest BCUT2D eigenvalue weighted by Gasteiger charge is -2.20. The Labute approximate surface area is 125 Å². The summed E-state index contributed by atoms with van der Waals surface area (Å²) in [6.07, 6.45) is 0.327. The highest BCUT2D eigenvalue weighted by Gasteiger charge is 2.31. The molecule has 0 aliphatic carbocycles. The lowest BCUT2D eigenvalue weighted by Crippen LogP contribution is -2.21. The van der Waals surface area contributed by atoms with E-state index < -0.39 is 0 Å². The molecule has 1 amide bonds. The van der Waals surface area contributed by atoms with Crippen molar-refractivity contribution in [1.29, 1.82) is 0 Å². The Balaban J connectivity index is 2.22. The number of para-hydroxylation sites is 1. The summed E-state index contributed by atoms with van der Waals surface area (Å²) in [4.78, 5) is 13.7. The van der Waals surface area contributed by atoms with E-state index in [-0.39, 0.29) is 5.91 Å². The second-order valence-corrected chi connectivity index (χ2v) is 5.50. The number of amides is 1. The Bertz CT molecular complexity index is 664. The van der Waals surface area contributed by atoms with E-state index in [0.29, 0.717) is 27.2 Å². The molecule has 2 nitrogen and oxygen atoms in total. The molecule has 1 aliphatic heterocycles. The fourth-order valence-corrected chi connectivity index (χ4v) is 2.95. The first-order valence-corrected chi connectivity index (χ1v) is 6.76. The van der Waals surface area contributed by atoms with Crippen LogP contribution >= 0.6 is 34.8 Å². The van der Waals surface area contributed by atoms with Crippen LogP contribution in [0, 0.1) is 0 Å². The number of fused-ring (bicyclic) bond motifs is 1. The van der Waals surface area contributed by atoms with Crippen LogP contribution in [0.15, 0.2) is 36.4 Å². The highest BCUT2D eigenvalue weighted by atomic mass is 35.5. The molecule has 3 rings (SSSR count). The van der Waals surface area contributed by atoms with Gasteiger partial charge in [0.25, 0.3) is 0 Å². The summed E-state index contributed by atoms with van der Waals surface area (Å²) in [6.45, 7) is 0. The third kappa shape index (κ3) is 2.10. The largest absolute Gasteiger partial charge is 0.277 e. The quantitative estimate of drug-likeness (QED) is 0.736. The number of rotatable bonds is 1. The van der Waals surface area contributed by atoms with Crippen LogP contribution < -0.4 is 4.90 Å². The predicted octanol–water partition coefficient (Wildman–Crippen LogP) is 4.87. The Hall–Kier alpha value is -1.22. The van der Waals surface area contributed by atoms with Crippen LogP contribution in [0.1, 0.15) is 5.56 Å². The van der Waals surface area contributed by atoms with Crippen LogP contribution in [0.5, 0.6) is 0 Å². The van der Waals surface area contributed by atoms with Crippen molar-refractivity contribution in [2.75, 3.05) is 4.90 Å². The average Bonchev–Trinajstić information content (AvgIpc) is 2.66. The van der Waals surface area contributed by atoms with Gasteiger partial charge in [-0.25, -0.2) is 0 Å². The predicted molar refractivity (Wildman–Crippen MR) is 78.8 cm³/mol. The SMILES string of the molecule is O=C1Cc2ccc(Cl)cc2N1c1c(Cl)cccc1Cl. The number of carbonyl (C=O) groups is 1. The third-order valence-electron chi connectivity index (χ3n) is 3.04. The summed E-state index contributed by atoms with van der Waals surface area (Å²) in [5, 5.41) is 1.45. The zero-order valence-corrected chi connectivity index (χ0v) is 11.9. The van der Waals surface area contributed by atoms with Gasteiger partial charge < -0.3 is 0 Å². The molecule has 1 aliphatic rings. The third-order valence-corrected chi connectivity index (χ3v) is 3.89. The summed E-state index contributed by atoms with van der Waals surface area (Å²) in [7, 11) is 0.